The van der Waals surface area contributed by atoms with Crippen molar-refractivity contribution in [3.8, 4) is 0 Å². The molecule has 6 heteroatoms. The molecule has 1 aliphatic carbocycles. The summed E-state index contributed by atoms with van der Waals surface area (Å²) in [6.45, 7) is 0.608. The minimum Gasteiger partial charge on any atom is -0.352 e. The molecule has 1 fully saturated rings. The monoisotopic (exact) mass is 369 g/mol. The van der Waals surface area contributed by atoms with Gasteiger partial charge in [0.1, 0.15) is 0 Å². The molecule has 0 bridgehead atoms. The molecule has 2 rings (SSSR count). The van der Waals surface area contributed by atoms with Crippen LogP contribution in [0.3, 0.4) is 0 Å². The van der Waals surface area contributed by atoms with E-state index in [1.165, 1.54) is 12.1 Å². The second-order valence-electron chi connectivity index (χ2n) is 4.35. The van der Waals surface area contributed by atoms with E-state index in [0.29, 0.717) is 12.5 Å². The van der Waals surface area contributed by atoms with E-state index in [4.69, 9.17) is 0 Å². The van der Waals surface area contributed by atoms with Crippen LogP contribution in [-0.4, -0.2) is 12.5 Å². The maximum absolute atomic E-state index is 12.5. The predicted octanol–water partition coefficient (Wildman–Crippen LogP) is 3.45. The van der Waals surface area contributed by atoms with Gasteiger partial charge in [-0.25, -0.2) is 0 Å². The first-order chi connectivity index (χ1) is 8.38. The van der Waals surface area contributed by atoms with E-state index in [-0.39, 0.29) is 15.0 Å². The number of hydrogen-bond donors (Lipinski definition) is 1. The third kappa shape index (κ3) is 3.37. The summed E-state index contributed by atoms with van der Waals surface area (Å²) in [7, 11) is 0. The van der Waals surface area contributed by atoms with Gasteiger partial charge in [0.25, 0.3) is 5.91 Å². The highest BCUT2D eigenvalue weighted by Gasteiger charge is 2.33. The van der Waals surface area contributed by atoms with Crippen molar-refractivity contribution in [3.05, 3.63) is 32.9 Å². The Balaban J connectivity index is 2.09. The number of halogens is 4. The number of carbonyl (C=O) groups excluding carboxylic acids is 1. The molecule has 0 unspecified atom stereocenters. The lowest BCUT2D eigenvalue weighted by molar-refractivity contribution is -0.138. The van der Waals surface area contributed by atoms with Gasteiger partial charge in [-0.2, -0.15) is 13.2 Å². The molecule has 1 aromatic carbocycles. The van der Waals surface area contributed by atoms with E-state index in [1.54, 1.807) is 22.6 Å². The molecule has 0 aliphatic heterocycles. The molecule has 1 aliphatic rings. The molecule has 98 valence electrons. The zero-order valence-electron chi connectivity index (χ0n) is 9.35. The summed E-state index contributed by atoms with van der Waals surface area (Å²) < 4.78 is 37.7. The summed E-state index contributed by atoms with van der Waals surface area (Å²) in [6.07, 6.45) is -2.14. The van der Waals surface area contributed by atoms with Gasteiger partial charge in [-0.1, -0.05) is 0 Å². The standard InChI is InChI=1S/C12H11F3INO/c13-12(14,15)9-4-3-8(5-10(9)16)11(18)17-6-7-1-2-7/h3-5,7H,1-2,6H2,(H,17,18). The number of hydrogen-bond acceptors (Lipinski definition) is 1. The Morgan fingerprint density at radius 2 is 2.06 bits per heavy atom. The van der Waals surface area contributed by atoms with Gasteiger partial charge in [-0.05, 0) is 59.5 Å². The van der Waals surface area contributed by atoms with Gasteiger partial charge in [0.05, 0.1) is 5.56 Å². The molecule has 0 spiro atoms. The van der Waals surface area contributed by atoms with Crippen molar-refractivity contribution in [2.24, 2.45) is 5.92 Å². The highest BCUT2D eigenvalue weighted by molar-refractivity contribution is 14.1. The number of rotatable bonds is 3. The first-order valence-corrected chi connectivity index (χ1v) is 6.61. The number of nitrogens with one attached hydrogen (secondary N) is 1. The maximum atomic E-state index is 12.5. The minimum atomic E-state index is -4.38. The summed E-state index contributed by atoms with van der Waals surface area (Å²) >= 11 is 1.60. The highest BCUT2D eigenvalue weighted by atomic mass is 127. The molecule has 0 heterocycles. The third-order valence-corrected chi connectivity index (χ3v) is 3.68. The van der Waals surface area contributed by atoms with Crippen LogP contribution in [0.25, 0.3) is 0 Å². The molecule has 1 N–H and O–H groups in total. The molecule has 0 aromatic heterocycles. The Bertz CT molecular complexity index is 469. The van der Waals surface area contributed by atoms with Gasteiger partial charge >= 0.3 is 6.18 Å². The van der Waals surface area contributed by atoms with Crippen molar-refractivity contribution in [1.29, 1.82) is 0 Å². The molecule has 1 aromatic rings. The quantitative estimate of drug-likeness (QED) is 0.813. The Morgan fingerprint density at radius 1 is 1.39 bits per heavy atom. The van der Waals surface area contributed by atoms with Crippen molar-refractivity contribution in [2.45, 2.75) is 19.0 Å². The molecule has 0 atom stereocenters. The fourth-order valence-electron chi connectivity index (χ4n) is 1.55. The second-order valence-corrected chi connectivity index (χ2v) is 5.51. The average molecular weight is 369 g/mol. The third-order valence-electron chi connectivity index (χ3n) is 2.78. The maximum Gasteiger partial charge on any atom is 0.417 e. The van der Waals surface area contributed by atoms with Crippen LogP contribution in [0.15, 0.2) is 18.2 Å². The van der Waals surface area contributed by atoms with Crippen molar-refractivity contribution in [3.63, 3.8) is 0 Å². The van der Waals surface area contributed by atoms with Crippen LogP contribution in [0.2, 0.25) is 0 Å². The summed E-state index contributed by atoms with van der Waals surface area (Å²) in [4.78, 5) is 11.7. The Morgan fingerprint density at radius 3 is 2.56 bits per heavy atom. The van der Waals surface area contributed by atoms with E-state index < -0.39 is 11.7 Å². The topological polar surface area (TPSA) is 29.1 Å². The largest absolute Gasteiger partial charge is 0.417 e. The first kappa shape index (κ1) is 13.6. The van der Waals surface area contributed by atoms with Gasteiger partial charge in [0, 0.05) is 15.7 Å². The fourth-order valence-corrected chi connectivity index (χ4v) is 2.37. The Hall–Kier alpha value is -0.790. The van der Waals surface area contributed by atoms with E-state index in [1.807, 2.05) is 0 Å². The predicted molar refractivity (Wildman–Crippen MR) is 69.2 cm³/mol. The smallest absolute Gasteiger partial charge is 0.352 e. The van der Waals surface area contributed by atoms with E-state index in [9.17, 15) is 18.0 Å². The van der Waals surface area contributed by atoms with Crippen LogP contribution >= 0.6 is 22.6 Å². The van der Waals surface area contributed by atoms with Gasteiger partial charge in [-0.3, -0.25) is 4.79 Å². The molecule has 18 heavy (non-hydrogen) atoms. The van der Waals surface area contributed by atoms with Crippen LogP contribution in [0.1, 0.15) is 28.8 Å². The van der Waals surface area contributed by atoms with Crippen molar-refractivity contribution >= 4 is 28.5 Å². The fraction of sp³-hybridized carbons (Fsp3) is 0.417. The molecule has 0 radical (unpaired) electrons. The van der Waals surface area contributed by atoms with Crippen LogP contribution < -0.4 is 5.32 Å². The van der Waals surface area contributed by atoms with Gasteiger partial charge in [0.15, 0.2) is 0 Å². The lowest BCUT2D eigenvalue weighted by Crippen LogP contribution is -2.25. The number of carbonyl (C=O) groups is 1. The minimum absolute atomic E-state index is 0.0409. The van der Waals surface area contributed by atoms with Crippen LogP contribution in [-0.2, 0) is 6.18 Å². The zero-order valence-corrected chi connectivity index (χ0v) is 11.5. The summed E-state index contributed by atoms with van der Waals surface area (Å²) in [5, 5.41) is 2.72. The number of alkyl halides is 3. The summed E-state index contributed by atoms with van der Waals surface area (Å²) in [6, 6.07) is 3.44. The first-order valence-electron chi connectivity index (χ1n) is 5.53. The molecule has 0 saturated heterocycles. The summed E-state index contributed by atoms with van der Waals surface area (Å²) in [5.41, 5.74) is -0.435. The second kappa shape index (κ2) is 5.07. The van der Waals surface area contributed by atoms with Crippen molar-refractivity contribution in [2.75, 3.05) is 6.54 Å². The van der Waals surface area contributed by atoms with Gasteiger partial charge < -0.3 is 5.32 Å². The lowest BCUT2D eigenvalue weighted by atomic mass is 10.1. The number of benzene rings is 1. The molecular weight excluding hydrogens is 358 g/mol. The summed E-state index contributed by atoms with van der Waals surface area (Å²) in [5.74, 6) is 0.232. The Kier molecular flexibility index (Phi) is 3.84. The van der Waals surface area contributed by atoms with Crippen molar-refractivity contribution in [1.82, 2.24) is 5.32 Å². The Labute approximate surface area is 116 Å². The van der Waals surface area contributed by atoms with Gasteiger partial charge in [-0.15, -0.1) is 0 Å². The van der Waals surface area contributed by atoms with E-state index >= 15 is 0 Å². The molecule has 1 amide bonds. The molecule has 1 saturated carbocycles. The van der Waals surface area contributed by atoms with Crippen LogP contribution in [0, 0.1) is 9.49 Å². The number of amides is 1. The highest BCUT2D eigenvalue weighted by Crippen LogP contribution is 2.33. The normalized spacial score (nSPS) is 15.6. The molecule has 2 nitrogen and oxygen atoms in total. The SMILES string of the molecule is O=C(NCC1CC1)c1ccc(C(F)(F)F)c(I)c1. The van der Waals surface area contributed by atoms with Crippen LogP contribution in [0.4, 0.5) is 13.2 Å². The van der Waals surface area contributed by atoms with Crippen molar-refractivity contribution < 1.29 is 18.0 Å². The van der Waals surface area contributed by atoms with E-state index in [0.717, 1.165) is 18.9 Å². The van der Waals surface area contributed by atoms with Gasteiger partial charge in [0.2, 0.25) is 0 Å². The van der Waals surface area contributed by atoms with Crippen LogP contribution in [0.5, 0.6) is 0 Å². The van der Waals surface area contributed by atoms with E-state index in [2.05, 4.69) is 5.32 Å². The lowest BCUT2D eigenvalue weighted by Gasteiger charge is -2.10. The average Bonchev–Trinajstić information content (AvgIpc) is 3.07. The molecular formula is C12H11F3INO. The zero-order chi connectivity index (χ0) is 13.3.